The minimum absolute atomic E-state index is 0.196. The van der Waals surface area contributed by atoms with Crippen LogP contribution in [0.25, 0.3) is 6.08 Å². The van der Waals surface area contributed by atoms with Crippen LogP contribution in [0.5, 0.6) is 0 Å². The smallest absolute Gasteiger partial charge is 0.207 e. The van der Waals surface area contributed by atoms with Crippen LogP contribution >= 0.6 is 15.9 Å². The second-order valence-corrected chi connectivity index (χ2v) is 3.48. The van der Waals surface area contributed by atoms with Crippen LogP contribution in [0.3, 0.4) is 0 Å². The summed E-state index contributed by atoms with van der Waals surface area (Å²) in [5, 5.41) is 0.505. The zero-order valence-corrected chi connectivity index (χ0v) is 9.07. The van der Waals surface area contributed by atoms with E-state index in [9.17, 15) is 17.6 Å². The van der Waals surface area contributed by atoms with Crippen LogP contribution in [0, 0.1) is 5.82 Å². The van der Waals surface area contributed by atoms with Crippen molar-refractivity contribution in [1.82, 2.24) is 0 Å². The SMILES string of the molecule is Fc1cc(/C=C/CBr)cc(C(F)(F)F)c1. The Labute approximate surface area is 92.7 Å². The molecule has 0 bridgehead atoms. The summed E-state index contributed by atoms with van der Waals surface area (Å²) >= 11 is 3.08. The molecule has 1 aromatic carbocycles. The van der Waals surface area contributed by atoms with E-state index in [1.165, 1.54) is 6.08 Å². The highest BCUT2D eigenvalue weighted by Gasteiger charge is 2.31. The van der Waals surface area contributed by atoms with Gasteiger partial charge in [-0.3, -0.25) is 0 Å². The second kappa shape index (κ2) is 4.79. The molecule has 82 valence electrons. The number of hydrogen-bond donors (Lipinski definition) is 0. The fourth-order valence-electron chi connectivity index (χ4n) is 1.05. The van der Waals surface area contributed by atoms with Crippen LogP contribution in [0.1, 0.15) is 11.1 Å². The first-order valence-corrected chi connectivity index (χ1v) is 5.16. The first kappa shape index (κ1) is 12.2. The molecule has 5 heteroatoms. The molecule has 15 heavy (non-hydrogen) atoms. The molecule has 0 aliphatic heterocycles. The van der Waals surface area contributed by atoms with Gasteiger partial charge < -0.3 is 0 Å². The average Bonchev–Trinajstić information content (AvgIpc) is 2.12. The number of halogens is 5. The Hall–Kier alpha value is -0.840. The Kier molecular flexibility index (Phi) is 3.90. The van der Waals surface area contributed by atoms with Gasteiger partial charge in [0.25, 0.3) is 0 Å². The Morgan fingerprint density at radius 2 is 1.87 bits per heavy atom. The van der Waals surface area contributed by atoms with E-state index < -0.39 is 17.6 Å². The van der Waals surface area contributed by atoms with Gasteiger partial charge in [-0.25, -0.2) is 4.39 Å². The lowest BCUT2D eigenvalue weighted by Crippen LogP contribution is -2.05. The molecule has 0 fully saturated rings. The van der Waals surface area contributed by atoms with E-state index in [-0.39, 0.29) is 5.56 Å². The summed E-state index contributed by atoms with van der Waals surface area (Å²) in [5.41, 5.74) is -0.779. The Balaban J connectivity index is 3.11. The van der Waals surface area contributed by atoms with Gasteiger partial charge in [0.2, 0.25) is 0 Å². The molecule has 0 spiro atoms. The predicted octanol–water partition coefficient (Wildman–Crippen LogP) is 4.25. The number of benzene rings is 1. The van der Waals surface area contributed by atoms with Gasteiger partial charge in [-0.1, -0.05) is 28.1 Å². The van der Waals surface area contributed by atoms with E-state index in [0.717, 1.165) is 12.1 Å². The molecular weight excluding hydrogens is 276 g/mol. The van der Waals surface area contributed by atoms with Crippen molar-refractivity contribution >= 4 is 22.0 Å². The molecule has 0 amide bonds. The van der Waals surface area contributed by atoms with Crippen molar-refractivity contribution in [3.63, 3.8) is 0 Å². The Bertz CT molecular complexity index is 368. The van der Waals surface area contributed by atoms with Crippen LogP contribution in [-0.4, -0.2) is 5.33 Å². The van der Waals surface area contributed by atoms with Gasteiger partial charge >= 0.3 is 6.18 Å². The number of rotatable bonds is 2. The standard InChI is InChI=1S/C10H7BrF4/c11-3-1-2-7-4-8(10(13,14)15)6-9(12)5-7/h1-2,4-6H,3H2/b2-1+. The minimum Gasteiger partial charge on any atom is -0.207 e. The molecule has 0 saturated carbocycles. The van der Waals surface area contributed by atoms with Gasteiger partial charge in [-0.05, 0) is 23.8 Å². The molecule has 0 saturated heterocycles. The fraction of sp³-hybridized carbons (Fsp3) is 0.200. The maximum Gasteiger partial charge on any atom is 0.416 e. The lowest BCUT2D eigenvalue weighted by Gasteiger charge is -2.07. The second-order valence-electron chi connectivity index (χ2n) is 2.83. The summed E-state index contributed by atoms with van der Waals surface area (Å²) in [6.45, 7) is 0. The summed E-state index contributed by atoms with van der Waals surface area (Å²) < 4.78 is 49.6. The van der Waals surface area contributed by atoms with Gasteiger partial charge in [0.05, 0.1) is 5.56 Å². The molecular formula is C10H7BrF4. The molecule has 1 rings (SSSR count). The van der Waals surface area contributed by atoms with Gasteiger partial charge in [-0.2, -0.15) is 13.2 Å². The highest BCUT2D eigenvalue weighted by Crippen LogP contribution is 2.30. The van der Waals surface area contributed by atoms with E-state index in [1.54, 1.807) is 6.08 Å². The predicted molar refractivity (Wildman–Crippen MR) is 54.2 cm³/mol. The van der Waals surface area contributed by atoms with Crippen LogP contribution in [0.2, 0.25) is 0 Å². The number of alkyl halides is 4. The summed E-state index contributed by atoms with van der Waals surface area (Å²) in [6.07, 6.45) is -1.50. The van der Waals surface area contributed by atoms with Crippen molar-refractivity contribution in [2.75, 3.05) is 5.33 Å². The van der Waals surface area contributed by atoms with Gasteiger partial charge in [-0.15, -0.1) is 0 Å². The molecule has 0 heterocycles. The lowest BCUT2D eigenvalue weighted by atomic mass is 10.1. The van der Waals surface area contributed by atoms with Crippen LogP contribution in [-0.2, 0) is 6.18 Å². The number of hydrogen-bond acceptors (Lipinski definition) is 0. The van der Waals surface area contributed by atoms with Crippen LogP contribution in [0.15, 0.2) is 24.3 Å². The minimum atomic E-state index is -4.51. The van der Waals surface area contributed by atoms with E-state index in [2.05, 4.69) is 15.9 Å². The lowest BCUT2D eigenvalue weighted by molar-refractivity contribution is -0.137. The zero-order chi connectivity index (χ0) is 11.5. The largest absolute Gasteiger partial charge is 0.416 e. The quantitative estimate of drug-likeness (QED) is 0.562. The highest BCUT2D eigenvalue weighted by atomic mass is 79.9. The maximum absolute atomic E-state index is 12.8. The van der Waals surface area contributed by atoms with Crippen molar-refractivity contribution in [1.29, 1.82) is 0 Å². The van der Waals surface area contributed by atoms with E-state index in [4.69, 9.17) is 0 Å². The molecule has 0 atom stereocenters. The summed E-state index contributed by atoms with van der Waals surface area (Å²) in [7, 11) is 0. The summed E-state index contributed by atoms with van der Waals surface area (Å²) in [5.74, 6) is -0.890. The van der Waals surface area contributed by atoms with E-state index in [1.807, 2.05) is 0 Å². The van der Waals surface area contributed by atoms with Gasteiger partial charge in [0, 0.05) is 5.33 Å². The van der Waals surface area contributed by atoms with Crippen LogP contribution in [0.4, 0.5) is 17.6 Å². The van der Waals surface area contributed by atoms with Crippen molar-refractivity contribution in [3.8, 4) is 0 Å². The van der Waals surface area contributed by atoms with E-state index in [0.29, 0.717) is 11.4 Å². The third-order valence-corrected chi connectivity index (χ3v) is 2.02. The molecule has 0 unspecified atom stereocenters. The third kappa shape index (κ3) is 3.66. The van der Waals surface area contributed by atoms with Crippen molar-refractivity contribution < 1.29 is 17.6 Å². The maximum atomic E-state index is 12.8. The normalized spacial score (nSPS) is 12.3. The molecule has 0 radical (unpaired) electrons. The summed E-state index contributed by atoms with van der Waals surface area (Å²) in [4.78, 5) is 0. The van der Waals surface area contributed by atoms with Crippen LogP contribution < -0.4 is 0 Å². The molecule has 1 aromatic rings. The highest BCUT2D eigenvalue weighted by molar-refractivity contribution is 9.09. The molecule has 0 aliphatic rings. The van der Waals surface area contributed by atoms with Crippen molar-refractivity contribution in [2.45, 2.75) is 6.18 Å². The zero-order valence-electron chi connectivity index (χ0n) is 7.48. The summed E-state index contributed by atoms with van der Waals surface area (Å²) in [6, 6.07) is 2.43. The fourth-order valence-corrected chi connectivity index (χ4v) is 1.24. The Morgan fingerprint density at radius 1 is 1.20 bits per heavy atom. The first-order valence-electron chi connectivity index (χ1n) is 4.04. The third-order valence-electron chi connectivity index (χ3n) is 1.65. The first-order chi connectivity index (χ1) is 6.93. The molecule has 0 N–H and O–H groups in total. The molecule has 0 aliphatic carbocycles. The monoisotopic (exact) mass is 282 g/mol. The average molecular weight is 283 g/mol. The van der Waals surface area contributed by atoms with E-state index >= 15 is 0 Å². The van der Waals surface area contributed by atoms with Gasteiger partial charge in [0.15, 0.2) is 0 Å². The van der Waals surface area contributed by atoms with Crippen molar-refractivity contribution in [3.05, 3.63) is 41.2 Å². The molecule has 0 nitrogen and oxygen atoms in total. The molecule has 0 aromatic heterocycles. The van der Waals surface area contributed by atoms with Crippen molar-refractivity contribution in [2.24, 2.45) is 0 Å². The topological polar surface area (TPSA) is 0 Å². The Morgan fingerprint density at radius 3 is 2.40 bits per heavy atom. The number of allylic oxidation sites excluding steroid dienone is 1. The van der Waals surface area contributed by atoms with Gasteiger partial charge in [0.1, 0.15) is 5.82 Å².